The number of cyclic esters (lactones) is 1. The van der Waals surface area contributed by atoms with Gasteiger partial charge in [-0.3, -0.25) is 0 Å². The molecule has 3 aromatic rings. The van der Waals surface area contributed by atoms with Crippen LogP contribution >= 0.6 is 11.3 Å². The standard InChI is InChI=1S/C26H29F3N6O4S/c1-13-18(22-33-15-6-4-5-7-17(15)40-22)21(34-23(31-13)30-12-26(27,28)29)32-16-10-14(11-35-8-9-37-24(35)36)19-20(16)39-25(2,3)38-19/h4-7,14,16,19-20H,8-12H2,1-3H3,(H2,30,31,32,34)/t14-,16?,19-,20+/m1/s1. The molecule has 0 bridgehead atoms. The zero-order valence-corrected chi connectivity index (χ0v) is 22.9. The maximum atomic E-state index is 13.0. The molecule has 4 heterocycles. The van der Waals surface area contributed by atoms with Crippen LogP contribution in [0.5, 0.6) is 0 Å². The lowest BCUT2D eigenvalue weighted by molar-refractivity contribution is -0.157. The lowest BCUT2D eigenvalue weighted by Gasteiger charge is -2.26. The van der Waals surface area contributed by atoms with Crippen LogP contribution in [0.1, 0.15) is 26.0 Å². The van der Waals surface area contributed by atoms with Crippen LogP contribution in [-0.4, -0.2) is 82.4 Å². The molecule has 40 heavy (non-hydrogen) atoms. The molecular weight excluding hydrogens is 549 g/mol. The quantitative estimate of drug-likeness (QED) is 0.408. The van der Waals surface area contributed by atoms with Crippen LogP contribution in [0.4, 0.5) is 29.7 Å². The number of thiazole rings is 1. The number of hydrogen-bond donors (Lipinski definition) is 2. The van der Waals surface area contributed by atoms with Crippen LogP contribution in [0.3, 0.4) is 0 Å². The van der Waals surface area contributed by atoms with E-state index in [0.717, 1.165) is 10.2 Å². The van der Waals surface area contributed by atoms with E-state index in [1.807, 2.05) is 38.1 Å². The Bertz CT molecular complexity index is 1400. The number of nitrogens with zero attached hydrogens (tertiary/aromatic N) is 4. The van der Waals surface area contributed by atoms with Gasteiger partial charge in [0.15, 0.2) is 5.79 Å². The van der Waals surface area contributed by atoms with Crippen molar-refractivity contribution in [2.45, 2.75) is 57.4 Å². The van der Waals surface area contributed by atoms with Gasteiger partial charge in [0.05, 0.1) is 40.2 Å². The highest BCUT2D eigenvalue weighted by atomic mass is 32.1. The van der Waals surface area contributed by atoms with Crippen molar-refractivity contribution >= 4 is 39.4 Å². The molecule has 1 saturated carbocycles. The normalized spacial score (nSPS) is 25.9. The second-order valence-electron chi connectivity index (χ2n) is 10.7. The van der Waals surface area contributed by atoms with Crippen LogP contribution in [0.15, 0.2) is 24.3 Å². The van der Waals surface area contributed by atoms with Gasteiger partial charge >= 0.3 is 12.3 Å². The van der Waals surface area contributed by atoms with Gasteiger partial charge in [0.2, 0.25) is 5.95 Å². The van der Waals surface area contributed by atoms with Gasteiger partial charge in [-0.25, -0.2) is 14.8 Å². The molecule has 0 radical (unpaired) electrons. The zero-order valence-electron chi connectivity index (χ0n) is 22.1. The number of benzene rings is 1. The van der Waals surface area contributed by atoms with Crippen molar-refractivity contribution < 1.29 is 32.2 Å². The fraction of sp³-hybridized carbons (Fsp3) is 0.538. The van der Waals surface area contributed by atoms with E-state index in [2.05, 4.69) is 20.6 Å². The first kappa shape index (κ1) is 27.0. The molecular formula is C26H29F3N6O4S. The summed E-state index contributed by atoms with van der Waals surface area (Å²) in [6.45, 7) is 5.45. The fourth-order valence-electron chi connectivity index (χ4n) is 5.63. The number of carbonyl (C=O) groups excluding carboxylic acids is 1. The molecule has 0 spiro atoms. The number of ether oxygens (including phenoxy) is 3. The SMILES string of the molecule is Cc1nc(NCC(F)(F)F)nc(NC2C[C@H](CN3CCOC3=O)[C@H]3OC(C)(C)O[C@@H]23)c1-c1nc2ccccc2s1. The van der Waals surface area contributed by atoms with Crippen LogP contribution in [-0.2, 0) is 14.2 Å². The van der Waals surface area contributed by atoms with E-state index in [1.165, 1.54) is 11.3 Å². The minimum atomic E-state index is -4.43. The first-order valence-electron chi connectivity index (χ1n) is 13.0. The van der Waals surface area contributed by atoms with Gasteiger partial charge in [-0.2, -0.15) is 18.2 Å². The first-order valence-corrected chi connectivity index (χ1v) is 13.9. The van der Waals surface area contributed by atoms with Gasteiger partial charge in [-0.1, -0.05) is 12.1 Å². The minimum absolute atomic E-state index is 0.0495. The van der Waals surface area contributed by atoms with Crippen molar-refractivity contribution in [2.24, 2.45) is 5.92 Å². The third-order valence-electron chi connectivity index (χ3n) is 7.25. The van der Waals surface area contributed by atoms with Crippen LogP contribution < -0.4 is 10.6 Å². The van der Waals surface area contributed by atoms with E-state index in [9.17, 15) is 18.0 Å². The molecule has 214 valence electrons. The van der Waals surface area contributed by atoms with E-state index < -0.39 is 18.5 Å². The average molecular weight is 579 g/mol. The summed E-state index contributed by atoms with van der Waals surface area (Å²) in [5.41, 5.74) is 1.90. The smallest absolute Gasteiger partial charge is 0.409 e. The van der Waals surface area contributed by atoms with Crippen molar-refractivity contribution in [3.05, 3.63) is 30.0 Å². The Labute approximate surface area is 232 Å². The third kappa shape index (κ3) is 5.39. The van der Waals surface area contributed by atoms with Crippen LogP contribution in [0.25, 0.3) is 20.8 Å². The number of alkyl halides is 3. The largest absolute Gasteiger partial charge is 0.448 e. The number of fused-ring (bicyclic) bond motifs is 2. The van der Waals surface area contributed by atoms with Crippen molar-refractivity contribution in [1.82, 2.24) is 19.9 Å². The summed E-state index contributed by atoms with van der Waals surface area (Å²) >= 11 is 1.46. The van der Waals surface area contributed by atoms with Crippen LogP contribution in [0, 0.1) is 12.8 Å². The Morgan fingerprint density at radius 2 is 1.93 bits per heavy atom. The number of hydrogen-bond acceptors (Lipinski definition) is 10. The van der Waals surface area contributed by atoms with Gasteiger partial charge < -0.3 is 29.7 Å². The van der Waals surface area contributed by atoms with Gasteiger partial charge in [0.1, 0.15) is 30.1 Å². The van der Waals surface area contributed by atoms with E-state index >= 15 is 0 Å². The Morgan fingerprint density at radius 1 is 1.15 bits per heavy atom. The van der Waals surface area contributed by atoms with E-state index in [1.54, 1.807) is 11.8 Å². The molecule has 2 saturated heterocycles. The average Bonchev–Trinajstić information content (AvgIpc) is 3.62. The fourth-order valence-corrected chi connectivity index (χ4v) is 6.69. The molecule has 3 fully saturated rings. The second-order valence-corrected chi connectivity index (χ2v) is 11.7. The summed E-state index contributed by atoms with van der Waals surface area (Å²) in [6, 6.07) is 7.38. The lowest BCUT2D eigenvalue weighted by Crippen LogP contribution is -2.36. The maximum Gasteiger partial charge on any atom is 0.409 e. The monoisotopic (exact) mass is 578 g/mol. The Kier molecular flexibility index (Phi) is 6.74. The number of anilines is 2. The van der Waals surface area contributed by atoms with Gasteiger partial charge in [-0.15, -0.1) is 11.3 Å². The molecule has 4 atom stereocenters. The highest BCUT2D eigenvalue weighted by Crippen LogP contribution is 2.44. The lowest BCUT2D eigenvalue weighted by atomic mass is 10.0. The number of rotatable bonds is 7. The Morgan fingerprint density at radius 3 is 2.65 bits per heavy atom. The van der Waals surface area contributed by atoms with Gasteiger partial charge in [0.25, 0.3) is 0 Å². The Balaban J connectivity index is 1.35. The summed E-state index contributed by atoms with van der Waals surface area (Å²) in [5.74, 6) is -0.672. The topological polar surface area (TPSA) is 111 Å². The summed E-state index contributed by atoms with van der Waals surface area (Å²) in [7, 11) is 0. The molecule has 3 aliphatic rings. The highest BCUT2D eigenvalue weighted by molar-refractivity contribution is 7.21. The predicted molar refractivity (Wildman–Crippen MR) is 142 cm³/mol. The van der Waals surface area contributed by atoms with Crippen LogP contribution in [0.2, 0.25) is 0 Å². The van der Waals surface area contributed by atoms with Crippen molar-refractivity contribution in [3.8, 4) is 10.6 Å². The number of aromatic nitrogens is 3. The number of amides is 1. The van der Waals surface area contributed by atoms with E-state index in [-0.39, 0.29) is 36.2 Å². The summed E-state index contributed by atoms with van der Waals surface area (Å²) in [6.07, 6.45) is -4.86. The predicted octanol–water partition coefficient (Wildman–Crippen LogP) is 4.81. The van der Waals surface area contributed by atoms with Crippen molar-refractivity contribution in [2.75, 3.05) is 36.9 Å². The zero-order chi connectivity index (χ0) is 28.2. The second kappa shape index (κ2) is 10.00. The summed E-state index contributed by atoms with van der Waals surface area (Å²) in [5, 5.41) is 6.41. The number of aryl methyl sites for hydroxylation is 1. The third-order valence-corrected chi connectivity index (χ3v) is 8.30. The summed E-state index contributed by atoms with van der Waals surface area (Å²) in [4.78, 5) is 27.4. The van der Waals surface area contributed by atoms with Gasteiger partial charge in [-0.05, 0) is 39.3 Å². The first-order chi connectivity index (χ1) is 19.0. The number of para-hydroxylation sites is 1. The molecule has 6 rings (SSSR count). The molecule has 2 aliphatic heterocycles. The minimum Gasteiger partial charge on any atom is -0.448 e. The maximum absolute atomic E-state index is 13.0. The van der Waals surface area contributed by atoms with E-state index in [4.69, 9.17) is 19.2 Å². The summed E-state index contributed by atoms with van der Waals surface area (Å²) < 4.78 is 57.6. The van der Waals surface area contributed by atoms with E-state index in [0.29, 0.717) is 48.2 Å². The molecule has 2 aromatic heterocycles. The highest BCUT2D eigenvalue weighted by Gasteiger charge is 2.55. The van der Waals surface area contributed by atoms with Crippen molar-refractivity contribution in [1.29, 1.82) is 0 Å². The number of carbonyl (C=O) groups is 1. The molecule has 1 aromatic carbocycles. The molecule has 1 amide bonds. The molecule has 14 heteroatoms. The number of nitrogens with one attached hydrogen (secondary N) is 2. The molecule has 2 N–H and O–H groups in total. The molecule has 10 nitrogen and oxygen atoms in total. The van der Waals surface area contributed by atoms with Crippen molar-refractivity contribution in [3.63, 3.8) is 0 Å². The molecule has 1 aliphatic carbocycles. The van der Waals surface area contributed by atoms with Gasteiger partial charge in [0, 0.05) is 12.5 Å². The molecule has 1 unspecified atom stereocenters. The Hall–Kier alpha value is -3.23. The number of halogens is 3.